The molecule has 2 fully saturated rings. The monoisotopic (exact) mass is 416 g/mol. The molecule has 2 aliphatic rings. The highest BCUT2D eigenvalue weighted by atomic mass is 16.7. The summed E-state index contributed by atoms with van der Waals surface area (Å²) in [7, 11) is 0. The zero-order valence-electron chi connectivity index (χ0n) is 17.5. The average Bonchev–Trinajstić information content (AvgIpc) is 2.85. The van der Waals surface area contributed by atoms with Crippen LogP contribution < -0.4 is 9.80 Å². The lowest BCUT2D eigenvalue weighted by atomic mass is 9.92. The average molecular weight is 417 g/mol. The van der Waals surface area contributed by atoms with Gasteiger partial charge in [0.25, 0.3) is 0 Å². The van der Waals surface area contributed by atoms with Crippen molar-refractivity contribution >= 4 is 11.4 Å². The molecule has 0 radical (unpaired) electrons. The molecule has 0 bridgehead atoms. The van der Waals surface area contributed by atoms with Gasteiger partial charge in [0.15, 0.2) is 6.29 Å². The maximum Gasteiger partial charge on any atom is 0.186 e. The van der Waals surface area contributed by atoms with Crippen LogP contribution in [0.1, 0.15) is 5.56 Å². The van der Waals surface area contributed by atoms with Crippen LogP contribution in [0.3, 0.4) is 0 Å². The van der Waals surface area contributed by atoms with Gasteiger partial charge in [-0.15, -0.1) is 0 Å². The van der Waals surface area contributed by atoms with Crippen LogP contribution in [0.2, 0.25) is 0 Å². The zero-order chi connectivity index (χ0) is 21.0. The Bertz CT molecular complexity index is 954. The Morgan fingerprint density at radius 1 is 0.774 bits per heavy atom. The molecule has 2 heterocycles. The molecule has 1 N–H and O–H groups in total. The number of anilines is 2. The molecular formula is C26H28N2O3. The van der Waals surface area contributed by atoms with E-state index in [1.165, 1.54) is 0 Å². The first-order chi connectivity index (χ1) is 15.3. The van der Waals surface area contributed by atoms with E-state index in [9.17, 15) is 5.11 Å². The van der Waals surface area contributed by atoms with Crippen LogP contribution in [0.15, 0.2) is 91.0 Å². The van der Waals surface area contributed by atoms with Crippen molar-refractivity contribution in [3.8, 4) is 0 Å². The summed E-state index contributed by atoms with van der Waals surface area (Å²) in [6.45, 7) is 2.60. The van der Waals surface area contributed by atoms with E-state index in [1.807, 2.05) is 54.6 Å². The highest BCUT2D eigenvalue weighted by Crippen LogP contribution is 2.34. The summed E-state index contributed by atoms with van der Waals surface area (Å²) < 4.78 is 12.1. The normalized spacial score (nSPS) is 25.8. The molecule has 5 rings (SSSR count). The van der Waals surface area contributed by atoms with Gasteiger partial charge in [-0.25, -0.2) is 0 Å². The molecule has 0 aliphatic carbocycles. The zero-order valence-corrected chi connectivity index (χ0v) is 17.5. The fourth-order valence-electron chi connectivity index (χ4n) is 4.74. The number of para-hydroxylation sites is 2. The standard InChI is InChI=1S/C26H28N2O3/c29-25-24-23(19-31-26(25)30-18-20-10-4-1-5-11-20)27(21-12-6-2-7-13-21)16-17-28(24)22-14-8-3-9-15-22/h1-15,23-26,29H,16-19H2/t23-,24-,25+,26+/m1/s1. The van der Waals surface area contributed by atoms with Gasteiger partial charge in [-0.3, -0.25) is 0 Å². The lowest BCUT2D eigenvalue weighted by molar-refractivity contribution is -0.230. The number of fused-ring (bicyclic) bond motifs is 1. The van der Waals surface area contributed by atoms with E-state index in [0.717, 1.165) is 30.0 Å². The van der Waals surface area contributed by atoms with Crippen molar-refractivity contribution in [1.82, 2.24) is 0 Å². The molecule has 0 spiro atoms. The molecule has 0 aromatic heterocycles. The van der Waals surface area contributed by atoms with E-state index >= 15 is 0 Å². The third kappa shape index (κ3) is 4.17. The first-order valence-corrected chi connectivity index (χ1v) is 10.9. The predicted molar refractivity (Wildman–Crippen MR) is 122 cm³/mol. The van der Waals surface area contributed by atoms with Crippen molar-refractivity contribution in [2.24, 2.45) is 0 Å². The third-order valence-electron chi connectivity index (χ3n) is 6.23. The first-order valence-electron chi connectivity index (χ1n) is 10.9. The molecule has 4 atom stereocenters. The van der Waals surface area contributed by atoms with Gasteiger partial charge >= 0.3 is 0 Å². The van der Waals surface area contributed by atoms with Gasteiger partial charge in [0, 0.05) is 24.5 Å². The fraction of sp³-hybridized carbons (Fsp3) is 0.308. The lowest BCUT2D eigenvalue weighted by Gasteiger charge is -2.54. The summed E-state index contributed by atoms with van der Waals surface area (Å²) in [5.74, 6) is 0. The van der Waals surface area contributed by atoms with Crippen molar-refractivity contribution in [3.05, 3.63) is 96.6 Å². The predicted octanol–water partition coefficient (Wildman–Crippen LogP) is 3.68. The van der Waals surface area contributed by atoms with Crippen LogP contribution in [-0.2, 0) is 16.1 Å². The molecule has 31 heavy (non-hydrogen) atoms. The second-order valence-corrected chi connectivity index (χ2v) is 8.10. The van der Waals surface area contributed by atoms with Crippen molar-refractivity contribution < 1.29 is 14.6 Å². The number of ether oxygens (including phenoxy) is 2. The number of piperazine rings is 1. The Labute approximate surface area is 183 Å². The number of hydrogen-bond acceptors (Lipinski definition) is 5. The van der Waals surface area contributed by atoms with Gasteiger partial charge < -0.3 is 24.4 Å². The summed E-state index contributed by atoms with van der Waals surface area (Å²) in [6.07, 6.45) is -1.43. The minimum absolute atomic E-state index is 0.0305. The smallest absolute Gasteiger partial charge is 0.186 e. The van der Waals surface area contributed by atoms with Crippen LogP contribution in [-0.4, -0.2) is 49.3 Å². The molecule has 5 nitrogen and oxygen atoms in total. The lowest BCUT2D eigenvalue weighted by Crippen LogP contribution is -2.70. The molecule has 3 aromatic rings. The summed E-state index contributed by atoms with van der Waals surface area (Å²) in [4.78, 5) is 4.68. The van der Waals surface area contributed by atoms with E-state index in [0.29, 0.717) is 13.2 Å². The number of aliphatic hydroxyl groups is 1. The van der Waals surface area contributed by atoms with E-state index in [2.05, 4.69) is 46.2 Å². The molecule has 3 aromatic carbocycles. The SMILES string of the molecule is O[C@@H]1[C@@H](OCc2ccccc2)OC[C@@H]2[C@H]1N(c1ccccc1)CCN2c1ccccc1. The molecule has 160 valence electrons. The Hall–Kier alpha value is -2.86. The summed E-state index contributed by atoms with van der Waals surface area (Å²) in [5.41, 5.74) is 3.34. The Kier molecular flexibility index (Phi) is 5.89. The van der Waals surface area contributed by atoms with Gasteiger partial charge in [-0.2, -0.15) is 0 Å². The van der Waals surface area contributed by atoms with Crippen molar-refractivity contribution in [2.75, 3.05) is 29.5 Å². The fourth-order valence-corrected chi connectivity index (χ4v) is 4.74. The van der Waals surface area contributed by atoms with Gasteiger partial charge in [0.05, 0.1) is 25.3 Å². The van der Waals surface area contributed by atoms with Crippen molar-refractivity contribution in [3.63, 3.8) is 0 Å². The van der Waals surface area contributed by atoms with Crippen LogP contribution in [0.4, 0.5) is 11.4 Å². The second-order valence-electron chi connectivity index (χ2n) is 8.10. The minimum Gasteiger partial charge on any atom is -0.386 e. The molecule has 0 unspecified atom stereocenters. The first kappa shape index (κ1) is 20.1. The van der Waals surface area contributed by atoms with Crippen LogP contribution in [0.5, 0.6) is 0 Å². The molecular weight excluding hydrogens is 388 g/mol. The van der Waals surface area contributed by atoms with E-state index in [1.54, 1.807) is 0 Å². The number of hydrogen-bond donors (Lipinski definition) is 1. The molecule has 2 aliphatic heterocycles. The highest BCUT2D eigenvalue weighted by molar-refractivity contribution is 5.55. The number of nitrogens with zero attached hydrogens (tertiary/aromatic N) is 2. The molecule has 0 amide bonds. The highest BCUT2D eigenvalue weighted by Gasteiger charge is 2.48. The second kappa shape index (κ2) is 9.10. The summed E-state index contributed by atoms with van der Waals surface area (Å²) in [5, 5.41) is 11.4. The number of rotatable bonds is 5. The third-order valence-corrected chi connectivity index (χ3v) is 6.23. The van der Waals surface area contributed by atoms with E-state index in [4.69, 9.17) is 9.47 Å². The van der Waals surface area contributed by atoms with Crippen LogP contribution >= 0.6 is 0 Å². The van der Waals surface area contributed by atoms with E-state index in [-0.39, 0.29) is 12.1 Å². The van der Waals surface area contributed by atoms with Crippen LogP contribution in [0.25, 0.3) is 0 Å². The Morgan fingerprint density at radius 3 is 1.97 bits per heavy atom. The van der Waals surface area contributed by atoms with E-state index < -0.39 is 12.4 Å². The summed E-state index contributed by atoms with van der Waals surface area (Å²) >= 11 is 0. The quantitative estimate of drug-likeness (QED) is 0.687. The minimum atomic E-state index is -0.769. The number of aliphatic hydroxyl groups excluding tert-OH is 1. The largest absolute Gasteiger partial charge is 0.386 e. The molecule has 0 saturated carbocycles. The van der Waals surface area contributed by atoms with Crippen molar-refractivity contribution in [1.29, 1.82) is 0 Å². The number of benzene rings is 3. The Balaban J connectivity index is 1.40. The van der Waals surface area contributed by atoms with Gasteiger partial charge in [-0.05, 0) is 29.8 Å². The topological polar surface area (TPSA) is 45.2 Å². The van der Waals surface area contributed by atoms with Crippen molar-refractivity contribution in [2.45, 2.75) is 31.1 Å². The van der Waals surface area contributed by atoms with Crippen LogP contribution in [0, 0.1) is 0 Å². The molecule has 5 heteroatoms. The van der Waals surface area contributed by atoms with Gasteiger partial charge in [-0.1, -0.05) is 66.7 Å². The Morgan fingerprint density at radius 2 is 1.32 bits per heavy atom. The maximum absolute atomic E-state index is 11.4. The summed E-state index contributed by atoms with van der Waals surface area (Å²) in [6, 6.07) is 30.6. The van der Waals surface area contributed by atoms with Gasteiger partial charge in [0.2, 0.25) is 0 Å². The van der Waals surface area contributed by atoms with Gasteiger partial charge in [0.1, 0.15) is 6.10 Å². The molecule has 2 saturated heterocycles. The maximum atomic E-state index is 11.4.